The van der Waals surface area contributed by atoms with Crippen LogP contribution in [0.4, 0.5) is 0 Å². The summed E-state index contributed by atoms with van der Waals surface area (Å²) in [5.41, 5.74) is -0.253. The van der Waals surface area contributed by atoms with Gasteiger partial charge in [0.1, 0.15) is 0 Å². The molecule has 0 saturated carbocycles. The number of hydrogen-bond acceptors (Lipinski definition) is 2. The van der Waals surface area contributed by atoms with E-state index in [-0.39, 0.29) is 11.3 Å². The number of rotatable bonds is 3. The van der Waals surface area contributed by atoms with Crippen LogP contribution in [0.15, 0.2) is 0 Å². The molecule has 1 amide bonds. The Morgan fingerprint density at radius 2 is 2.43 bits per heavy atom. The minimum Gasteiger partial charge on any atom is -0.345 e. The highest BCUT2D eigenvalue weighted by Crippen LogP contribution is 2.34. The smallest absolute Gasteiger partial charge is 0.228 e. The average molecular weight is 194 g/mol. The maximum atomic E-state index is 11.9. The summed E-state index contributed by atoms with van der Waals surface area (Å²) in [6, 6.07) is 0. The molecule has 1 aliphatic heterocycles. The van der Waals surface area contributed by atoms with Gasteiger partial charge in [-0.2, -0.15) is 0 Å². The Balaban J connectivity index is 2.68. The lowest BCUT2D eigenvalue weighted by molar-refractivity contribution is -0.132. The average Bonchev–Trinajstić information content (AvgIpc) is 2.63. The molecule has 1 saturated heterocycles. The highest BCUT2D eigenvalue weighted by molar-refractivity contribution is 5.83. The van der Waals surface area contributed by atoms with Gasteiger partial charge in [-0.25, -0.2) is 0 Å². The van der Waals surface area contributed by atoms with E-state index in [4.69, 9.17) is 6.42 Å². The molecule has 0 radical (unpaired) electrons. The van der Waals surface area contributed by atoms with Crippen molar-refractivity contribution in [3.05, 3.63) is 0 Å². The highest BCUT2D eigenvalue weighted by Gasteiger charge is 2.43. The molecular weight excluding hydrogens is 176 g/mol. The van der Waals surface area contributed by atoms with E-state index >= 15 is 0 Å². The van der Waals surface area contributed by atoms with Gasteiger partial charge >= 0.3 is 0 Å². The van der Waals surface area contributed by atoms with E-state index in [1.807, 2.05) is 0 Å². The third kappa shape index (κ3) is 1.91. The van der Waals surface area contributed by atoms with Gasteiger partial charge in [-0.1, -0.05) is 19.8 Å². The number of carbonyl (C=O) groups is 1. The van der Waals surface area contributed by atoms with Gasteiger partial charge in [-0.3, -0.25) is 4.79 Å². The van der Waals surface area contributed by atoms with Crippen LogP contribution in [0.1, 0.15) is 20.3 Å². The fourth-order valence-corrected chi connectivity index (χ4v) is 1.97. The Hall–Kier alpha value is -1.01. The number of terminal acetylenes is 1. The molecule has 1 unspecified atom stereocenters. The van der Waals surface area contributed by atoms with E-state index in [9.17, 15) is 4.79 Å². The summed E-state index contributed by atoms with van der Waals surface area (Å²) in [4.78, 5) is 11.9. The minimum atomic E-state index is -0.253. The minimum absolute atomic E-state index is 0.0930. The van der Waals surface area contributed by atoms with Gasteiger partial charge < -0.3 is 10.6 Å². The van der Waals surface area contributed by atoms with Crippen LogP contribution >= 0.6 is 0 Å². The Labute approximate surface area is 85.6 Å². The molecule has 1 aliphatic rings. The van der Waals surface area contributed by atoms with Crippen LogP contribution in [0.3, 0.4) is 0 Å². The summed E-state index contributed by atoms with van der Waals surface area (Å²) in [5.74, 6) is 2.86. The lowest BCUT2D eigenvalue weighted by Gasteiger charge is -2.30. The molecule has 3 heteroatoms. The maximum Gasteiger partial charge on any atom is 0.228 e. The third-order valence-electron chi connectivity index (χ3n) is 3.10. The van der Waals surface area contributed by atoms with Gasteiger partial charge in [-0.15, -0.1) is 6.42 Å². The summed E-state index contributed by atoms with van der Waals surface area (Å²) in [7, 11) is 0. The van der Waals surface area contributed by atoms with Gasteiger partial charge in [0.25, 0.3) is 0 Å². The summed E-state index contributed by atoms with van der Waals surface area (Å²) in [6.07, 6.45) is 6.02. The van der Waals surface area contributed by atoms with Crippen molar-refractivity contribution < 1.29 is 4.79 Å². The van der Waals surface area contributed by atoms with Crippen molar-refractivity contribution in [2.45, 2.75) is 20.3 Å². The number of hydrogen-bond donors (Lipinski definition) is 2. The first kappa shape index (κ1) is 11.1. The third-order valence-corrected chi connectivity index (χ3v) is 3.10. The van der Waals surface area contributed by atoms with Crippen molar-refractivity contribution in [2.24, 2.45) is 11.3 Å². The fraction of sp³-hybridized carbons (Fsp3) is 0.727. The van der Waals surface area contributed by atoms with Crippen molar-refractivity contribution in [1.29, 1.82) is 0 Å². The van der Waals surface area contributed by atoms with Crippen LogP contribution in [0.25, 0.3) is 0 Å². The lowest BCUT2D eigenvalue weighted by Crippen LogP contribution is -2.46. The second-order valence-corrected chi connectivity index (χ2v) is 4.12. The SMILES string of the molecule is C#CCNC(=O)C1(C(C)C)CCNC1. The Morgan fingerprint density at radius 1 is 1.71 bits per heavy atom. The quantitative estimate of drug-likeness (QED) is 0.637. The molecular formula is C11H18N2O. The normalized spacial score (nSPS) is 26.1. The molecule has 0 bridgehead atoms. The molecule has 0 aromatic heterocycles. The first-order valence-electron chi connectivity index (χ1n) is 5.06. The van der Waals surface area contributed by atoms with Crippen LogP contribution in [-0.4, -0.2) is 25.5 Å². The van der Waals surface area contributed by atoms with Crippen LogP contribution in [0, 0.1) is 23.7 Å². The summed E-state index contributed by atoms with van der Waals surface area (Å²) >= 11 is 0. The van der Waals surface area contributed by atoms with Crippen LogP contribution in [-0.2, 0) is 4.79 Å². The number of carbonyl (C=O) groups excluding carboxylic acids is 1. The predicted octanol–water partition coefficient (Wildman–Crippen LogP) is 0.372. The van der Waals surface area contributed by atoms with E-state index in [0.717, 1.165) is 19.5 Å². The Bertz CT molecular complexity index is 247. The van der Waals surface area contributed by atoms with Crippen molar-refractivity contribution >= 4 is 5.91 Å². The first-order chi connectivity index (χ1) is 6.63. The van der Waals surface area contributed by atoms with Crippen molar-refractivity contribution in [2.75, 3.05) is 19.6 Å². The summed E-state index contributed by atoms with van der Waals surface area (Å²) in [5, 5.41) is 6.02. The molecule has 1 heterocycles. The molecule has 0 aromatic carbocycles. The molecule has 78 valence electrons. The maximum absolute atomic E-state index is 11.9. The fourth-order valence-electron chi connectivity index (χ4n) is 1.97. The standard InChI is InChI=1S/C11H18N2O/c1-4-6-13-10(14)11(9(2)3)5-7-12-8-11/h1,9,12H,5-8H2,2-3H3,(H,13,14). The molecule has 1 atom stereocenters. The summed E-state index contributed by atoms with van der Waals surface area (Å²) < 4.78 is 0. The van der Waals surface area contributed by atoms with E-state index < -0.39 is 0 Å². The Kier molecular flexibility index (Phi) is 3.54. The molecule has 3 nitrogen and oxygen atoms in total. The van der Waals surface area contributed by atoms with E-state index in [2.05, 4.69) is 30.4 Å². The van der Waals surface area contributed by atoms with Crippen LogP contribution < -0.4 is 10.6 Å². The van der Waals surface area contributed by atoms with E-state index in [1.54, 1.807) is 0 Å². The monoisotopic (exact) mass is 194 g/mol. The molecule has 0 aliphatic carbocycles. The summed E-state index contributed by atoms with van der Waals surface area (Å²) in [6.45, 7) is 6.18. The first-order valence-corrected chi connectivity index (χ1v) is 5.06. The van der Waals surface area contributed by atoms with Crippen molar-refractivity contribution in [1.82, 2.24) is 10.6 Å². The van der Waals surface area contributed by atoms with Gasteiger partial charge in [0.05, 0.1) is 12.0 Å². The number of amides is 1. The van der Waals surface area contributed by atoms with Crippen molar-refractivity contribution in [3.8, 4) is 12.3 Å². The predicted molar refractivity (Wildman–Crippen MR) is 56.6 cm³/mol. The molecule has 0 spiro atoms. The zero-order valence-corrected chi connectivity index (χ0v) is 8.89. The van der Waals surface area contributed by atoms with Gasteiger partial charge in [0.2, 0.25) is 5.91 Å². The molecule has 0 aromatic rings. The molecule has 14 heavy (non-hydrogen) atoms. The number of nitrogens with one attached hydrogen (secondary N) is 2. The van der Waals surface area contributed by atoms with E-state index in [0.29, 0.717) is 12.5 Å². The molecule has 1 fully saturated rings. The van der Waals surface area contributed by atoms with Gasteiger partial charge in [0, 0.05) is 6.54 Å². The topological polar surface area (TPSA) is 41.1 Å². The second kappa shape index (κ2) is 4.47. The molecule has 2 N–H and O–H groups in total. The Morgan fingerprint density at radius 3 is 2.86 bits per heavy atom. The van der Waals surface area contributed by atoms with Crippen LogP contribution in [0.5, 0.6) is 0 Å². The zero-order chi connectivity index (χ0) is 10.6. The largest absolute Gasteiger partial charge is 0.345 e. The van der Waals surface area contributed by atoms with Gasteiger partial charge in [0.15, 0.2) is 0 Å². The highest BCUT2D eigenvalue weighted by atomic mass is 16.2. The van der Waals surface area contributed by atoms with E-state index in [1.165, 1.54) is 0 Å². The lowest BCUT2D eigenvalue weighted by atomic mass is 9.75. The second-order valence-electron chi connectivity index (χ2n) is 4.12. The van der Waals surface area contributed by atoms with Gasteiger partial charge in [-0.05, 0) is 18.9 Å². The van der Waals surface area contributed by atoms with Crippen molar-refractivity contribution in [3.63, 3.8) is 0 Å². The molecule has 1 rings (SSSR count). The zero-order valence-electron chi connectivity index (χ0n) is 8.89. The van der Waals surface area contributed by atoms with Crippen LogP contribution in [0.2, 0.25) is 0 Å².